The molecule has 3 aromatic rings. The van der Waals surface area contributed by atoms with Crippen molar-refractivity contribution in [3.8, 4) is 11.5 Å². The number of halogens is 3. The van der Waals surface area contributed by atoms with Crippen molar-refractivity contribution in [2.45, 2.75) is 62.5 Å². The number of rotatable bonds is 8. The molecule has 6 rings (SSSR count). The minimum Gasteiger partial charge on any atom is -0.507 e. The van der Waals surface area contributed by atoms with Crippen molar-refractivity contribution in [2.24, 2.45) is 5.92 Å². The SMILES string of the molecule is CC(=O)OCC1(O)Cc2c(O)c3c(c(O)c2[C@@H](O[C@@]2(O)[C@@H](C)OC[C@@H](C(=O)c4ccc([N+](=O)[O-])cc4)[C@@H]2NC(=O)C(F)(F)F)C1)C(=O)c1ccccc1C3=O. The minimum atomic E-state index is -5.57. The molecule has 3 aliphatic rings. The lowest BCUT2D eigenvalue weighted by molar-refractivity contribution is -0.384. The number of nitro groups is 1. The van der Waals surface area contributed by atoms with Crippen LogP contribution in [0.15, 0.2) is 48.5 Å². The molecular weight excluding hydrogens is 741 g/mol. The van der Waals surface area contributed by atoms with Gasteiger partial charge in [-0.3, -0.25) is 34.1 Å². The number of non-ortho nitro benzene ring substituents is 1. The van der Waals surface area contributed by atoms with E-state index in [0.717, 1.165) is 38.1 Å². The van der Waals surface area contributed by atoms with E-state index in [4.69, 9.17) is 14.2 Å². The Balaban J connectivity index is 1.51. The van der Waals surface area contributed by atoms with Crippen molar-refractivity contribution in [2.75, 3.05) is 13.2 Å². The summed E-state index contributed by atoms with van der Waals surface area (Å²) in [5.74, 6) is -13.3. The van der Waals surface area contributed by atoms with Crippen LogP contribution in [0.4, 0.5) is 18.9 Å². The minimum absolute atomic E-state index is 0.122. The van der Waals surface area contributed by atoms with E-state index in [1.165, 1.54) is 24.3 Å². The van der Waals surface area contributed by atoms with Crippen LogP contribution in [0.25, 0.3) is 0 Å². The van der Waals surface area contributed by atoms with Crippen molar-refractivity contribution >= 4 is 34.9 Å². The third-order valence-electron chi connectivity index (χ3n) is 9.93. The molecule has 0 spiro atoms. The first-order chi connectivity index (χ1) is 25.7. The summed E-state index contributed by atoms with van der Waals surface area (Å²) in [6, 6.07) is 7.03. The number of amides is 1. The molecule has 2 aliphatic carbocycles. The summed E-state index contributed by atoms with van der Waals surface area (Å²) in [6.07, 6.45) is -10.7. The Bertz CT molecular complexity index is 2160. The maximum Gasteiger partial charge on any atom is 0.471 e. The van der Waals surface area contributed by atoms with E-state index in [9.17, 15) is 67.7 Å². The number of aliphatic hydroxyl groups is 2. The summed E-state index contributed by atoms with van der Waals surface area (Å²) in [6.45, 7) is 0.583. The molecule has 1 heterocycles. The summed E-state index contributed by atoms with van der Waals surface area (Å²) in [5.41, 5.74) is -5.50. The number of ether oxygens (including phenoxy) is 3. The lowest BCUT2D eigenvalue weighted by Crippen LogP contribution is -2.69. The zero-order chi connectivity index (χ0) is 40.4. The Morgan fingerprint density at radius 1 is 1.00 bits per heavy atom. The molecule has 0 bridgehead atoms. The van der Waals surface area contributed by atoms with Gasteiger partial charge in [-0.1, -0.05) is 24.3 Å². The van der Waals surface area contributed by atoms with Crippen molar-refractivity contribution in [3.63, 3.8) is 0 Å². The van der Waals surface area contributed by atoms with Crippen LogP contribution in [-0.4, -0.2) is 97.5 Å². The van der Waals surface area contributed by atoms with E-state index in [1.807, 2.05) is 0 Å². The second kappa shape index (κ2) is 13.8. The van der Waals surface area contributed by atoms with Crippen LogP contribution in [-0.2, 0) is 30.2 Å². The molecule has 1 unspecified atom stereocenters. The van der Waals surface area contributed by atoms with Crippen LogP contribution < -0.4 is 5.32 Å². The standard InChI is InChI=1S/C36H31F3N2O14/c1-15-35(50,32(40-33(48)36(37,38)39)22(13-53-15)27(43)17-7-9-18(10-8-17)41(51)52)55-23-12-34(49,14-54-16(2)42)11-21-24(23)31(47)26-25(30(21)46)28(44)19-5-3-4-6-20(19)29(26)45/h3-10,15,22-23,32,46-47,49-50H,11-14H2,1-2H3,(H,40,48)/t15-,22+,23+,32+,34?,35+/m1/s1. The normalized spacial score (nSPS) is 25.9. The van der Waals surface area contributed by atoms with Gasteiger partial charge in [-0.2, -0.15) is 13.2 Å². The predicted octanol–water partition coefficient (Wildman–Crippen LogP) is 2.73. The summed E-state index contributed by atoms with van der Waals surface area (Å²) >= 11 is 0. The van der Waals surface area contributed by atoms with Crippen LogP contribution in [0.2, 0.25) is 0 Å². The Labute approximate surface area is 307 Å². The number of phenols is 2. The number of carbonyl (C=O) groups excluding carboxylic acids is 5. The van der Waals surface area contributed by atoms with Gasteiger partial charge in [0.1, 0.15) is 29.8 Å². The fourth-order valence-corrected chi connectivity index (χ4v) is 7.22. The molecule has 0 saturated carbocycles. The average molecular weight is 773 g/mol. The molecule has 5 N–H and O–H groups in total. The molecule has 0 aromatic heterocycles. The number of nitrogens with zero attached hydrogens (tertiary/aromatic N) is 1. The molecule has 19 heteroatoms. The molecule has 0 radical (unpaired) electrons. The largest absolute Gasteiger partial charge is 0.507 e. The number of hydrogen-bond acceptors (Lipinski definition) is 14. The van der Waals surface area contributed by atoms with Gasteiger partial charge in [0.05, 0.1) is 40.7 Å². The van der Waals surface area contributed by atoms with E-state index >= 15 is 0 Å². The van der Waals surface area contributed by atoms with Gasteiger partial charge in [-0.15, -0.1) is 0 Å². The Hall–Kier alpha value is -5.76. The van der Waals surface area contributed by atoms with Gasteiger partial charge in [0.2, 0.25) is 5.79 Å². The molecule has 6 atom stereocenters. The van der Waals surface area contributed by atoms with Crippen LogP contribution in [0.1, 0.15) is 79.7 Å². The Kier molecular flexibility index (Phi) is 9.79. The first kappa shape index (κ1) is 38.9. The summed E-state index contributed by atoms with van der Waals surface area (Å²) in [5, 5.41) is 60.2. The highest BCUT2D eigenvalue weighted by molar-refractivity contribution is 6.30. The van der Waals surface area contributed by atoms with Gasteiger partial charge in [0, 0.05) is 59.7 Å². The highest BCUT2D eigenvalue weighted by atomic mass is 19.4. The lowest BCUT2D eigenvalue weighted by atomic mass is 9.73. The fraction of sp³-hybridized carbons (Fsp3) is 0.361. The van der Waals surface area contributed by atoms with Gasteiger partial charge in [-0.25, -0.2) is 0 Å². The number of ketones is 3. The highest BCUT2D eigenvalue weighted by Crippen LogP contribution is 2.53. The van der Waals surface area contributed by atoms with Crippen molar-refractivity contribution in [1.82, 2.24) is 5.32 Å². The summed E-state index contributed by atoms with van der Waals surface area (Å²) in [7, 11) is 0. The number of fused-ring (bicyclic) bond motifs is 3. The number of Topliss-reactive ketones (excluding diaryl/α,β-unsaturated/α-hetero) is 1. The second-order valence-corrected chi connectivity index (χ2v) is 13.5. The van der Waals surface area contributed by atoms with Crippen molar-refractivity contribution < 1.29 is 76.7 Å². The van der Waals surface area contributed by atoms with Crippen LogP contribution in [0.5, 0.6) is 11.5 Å². The number of phenolic OH excluding ortho intramolecular Hbond substituents is 2. The summed E-state index contributed by atoms with van der Waals surface area (Å²) < 4.78 is 57.9. The zero-order valence-electron chi connectivity index (χ0n) is 28.7. The van der Waals surface area contributed by atoms with Gasteiger partial charge >= 0.3 is 18.1 Å². The predicted molar refractivity (Wildman–Crippen MR) is 176 cm³/mol. The van der Waals surface area contributed by atoms with E-state index in [-0.39, 0.29) is 16.7 Å². The summed E-state index contributed by atoms with van der Waals surface area (Å²) in [4.78, 5) is 75.8. The van der Waals surface area contributed by atoms with E-state index in [0.29, 0.717) is 0 Å². The van der Waals surface area contributed by atoms with Gasteiger partial charge < -0.3 is 40.0 Å². The van der Waals surface area contributed by atoms with Gasteiger partial charge in [-0.05, 0) is 19.1 Å². The molecule has 1 saturated heterocycles. The van der Waals surface area contributed by atoms with E-state index in [1.54, 1.807) is 5.32 Å². The number of nitrogens with one attached hydrogen (secondary N) is 1. The number of esters is 1. The van der Waals surface area contributed by atoms with Crippen LogP contribution in [0.3, 0.4) is 0 Å². The van der Waals surface area contributed by atoms with Crippen LogP contribution in [0, 0.1) is 16.0 Å². The third kappa shape index (κ3) is 6.79. The molecule has 1 fully saturated rings. The number of hydrogen-bond donors (Lipinski definition) is 5. The molecular formula is C36H31F3N2O14. The number of aromatic hydroxyl groups is 2. The smallest absolute Gasteiger partial charge is 0.471 e. The Morgan fingerprint density at radius 2 is 1.58 bits per heavy atom. The van der Waals surface area contributed by atoms with Crippen molar-refractivity contribution in [3.05, 3.63) is 97.6 Å². The van der Waals surface area contributed by atoms with E-state index in [2.05, 4.69) is 0 Å². The van der Waals surface area contributed by atoms with Crippen LogP contribution >= 0.6 is 0 Å². The van der Waals surface area contributed by atoms with E-state index < -0.39 is 141 Å². The van der Waals surface area contributed by atoms with Gasteiger partial charge in [0.25, 0.3) is 5.69 Å². The monoisotopic (exact) mass is 772 g/mol. The highest BCUT2D eigenvalue weighted by Gasteiger charge is 2.59. The number of carbonyl (C=O) groups is 5. The maximum atomic E-state index is 13.8. The quantitative estimate of drug-likeness (QED) is 0.0432. The molecule has 1 aliphatic heterocycles. The average Bonchev–Trinajstić information content (AvgIpc) is 3.12. The lowest BCUT2D eigenvalue weighted by Gasteiger charge is -2.50. The number of benzene rings is 3. The van der Waals surface area contributed by atoms with Crippen molar-refractivity contribution in [1.29, 1.82) is 0 Å². The fourth-order valence-electron chi connectivity index (χ4n) is 7.22. The molecule has 55 heavy (non-hydrogen) atoms. The Morgan fingerprint density at radius 3 is 2.13 bits per heavy atom. The first-order valence-corrected chi connectivity index (χ1v) is 16.5. The topological polar surface area (TPSA) is 249 Å². The number of alkyl halides is 3. The zero-order valence-corrected chi connectivity index (χ0v) is 28.7. The molecule has 3 aromatic carbocycles. The van der Waals surface area contributed by atoms with Gasteiger partial charge in [0.15, 0.2) is 17.3 Å². The first-order valence-electron chi connectivity index (χ1n) is 16.5. The third-order valence-corrected chi connectivity index (χ3v) is 9.93. The molecule has 1 amide bonds. The second-order valence-electron chi connectivity index (χ2n) is 13.5. The maximum absolute atomic E-state index is 13.8. The number of nitro benzene ring substituents is 1. The molecule has 290 valence electrons. The molecule has 16 nitrogen and oxygen atoms in total.